The lowest BCUT2D eigenvalue weighted by molar-refractivity contribution is -0.0512. The van der Waals surface area contributed by atoms with Gasteiger partial charge in [-0.1, -0.05) is 6.07 Å². The molecule has 6 nitrogen and oxygen atoms in total. The Hall–Kier alpha value is -2.87. The Morgan fingerprint density at radius 2 is 2.00 bits per heavy atom. The standard InChI is InChI=1S/C22H25F2NO5/c1-27-19-9-4-15(13-20(19)30-22(23)24)10-11-25-21(26)16-5-7-17(8-6-16)29-14-18-3-2-12-28-18/h4-9,13,18,22H,2-3,10-12,14H2,1H3,(H,25,26). The minimum Gasteiger partial charge on any atom is -0.493 e. The Morgan fingerprint density at radius 3 is 2.67 bits per heavy atom. The topological polar surface area (TPSA) is 66.0 Å². The first-order valence-electron chi connectivity index (χ1n) is 9.79. The Balaban J connectivity index is 1.47. The average molecular weight is 421 g/mol. The zero-order valence-corrected chi connectivity index (χ0v) is 16.7. The Kier molecular flexibility index (Phi) is 7.84. The van der Waals surface area contributed by atoms with E-state index in [4.69, 9.17) is 14.2 Å². The monoisotopic (exact) mass is 421 g/mol. The molecule has 0 radical (unpaired) electrons. The van der Waals surface area contributed by atoms with Crippen LogP contribution < -0.4 is 19.5 Å². The molecule has 1 unspecified atom stereocenters. The van der Waals surface area contributed by atoms with Crippen LogP contribution in [0.5, 0.6) is 17.2 Å². The molecule has 0 bridgehead atoms. The van der Waals surface area contributed by atoms with Crippen LogP contribution in [0.2, 0.25) is 0 Å². The van der Waals surface area contributed by atoms with Crippen LogP contribution in [0.3, 0.4) is 0 Å². The highest BCUT2D eigenvalue weighted by molar-refractivity contribution is 5.94. The van der Waals surface area contributed by atoms with Crippen molar-refractivity contribution >= 4 is 5.91 Å². The highest BCUT2D eigenvalue weighted by Crippen LogP contribution is 2.29. The van der Waals surface area contributed by atoms with Crippen LogP contribution in [0.1, 0.15) is 28.8 Å². The number of nitrogens with one attached hydrogen (secondary N) is 1. The number of carbonyl (C=O) groups is 1. The van der Waals surface area contributed by atoms with E-state index >= 15 is 0 Å². The van der Waals surface area contributed by atoms with Crippen molar-refractivity contribution in [3.05, 3.63) is 53.6 Å². The summed E-state index contributed by atoms with van der Waals surface area (Å²) < 4.78 is 45.7. The molecule has 1 fully saturated rings. The van der Waals surface area contributed by atoms with Gasteiger partial charge in [-0.3, -0.25) is 4.79 Å². The molecule has 2 aromatic carbocycles. The van der Waals surface area contributed by atoms with Crippen LogP contribution >= 0.6 is 0 Å². The molecule has 0 spiro atoms. The number of ether oxygens (including phenoxy) is 4. The highest BCUT2D eigenvalue weighted by Gasteiger charge is 2.16. The van der Waals surface area contributed by atoms with Gasteiger partial charge in [-0.05, 0) is 61.2 Å². The van der Waals surface area contributed by atoms with Crippen molar-refractivity contribution in [1.29, 1.82) is 0 Å². The fourth-order valence-corrected chi connectivity index (χ4v) is 3.15. The van der Waals surface area contributed by atoms with E-state index in [2.05, 4.69) is 10.1 Å². The third kappa shape index (κ3) is 6.32. The van der Waals surface area contributed by atoms with Gasteiger partial charge in [0.15, 0.2) is 11.5 Å². The molecule has 8 heteroatoms. The maximum Gasteiger partial charge on any atom is 0.387 e. The fraction of sp³-hybridized carbons (Fsp3) is 0.409. The number of hydrogen-bond acceptors (Lipinski definition) is 5. The molecule has 1 amide bonds. The van der Waals surface area contributed by atoms with Gasteiger partial charge in [0.05, 0.1) is 13.2 Å². The number of halogens is 2. The van der Waals surface area contributed by atoms with Gasteiger partial charge in [-0.25, -0.2) is 0 Å². The second-order valence-electron chi connectivity index (χ2n) is 6.84. The van der Waals surface area contributed by atoms with E-state index in [0.717, 1.165) is 25.0 Å². The number of rotatable bonds is 10. The molecule has 0 saturated carbocycles. The van der Waals surface area contributed by atoms with E-state index in [9.17, 15) is 13.6 Å². The summed E-state index contributed by atoms with van der Waals surface area (Å²) in [5, 5.41) is 2.81. The number of carbonyl (C=O) groups excluding carboxylic acids is 1. The molecular weight excluding hydrogens is 396 g/mol. The van der Waals surface area contributed by atoms with Crippen LogP contribution in [0, 0.1) is 0 Å². The molecule has 1 aliphatic rings. The second kappa shape index (κ2) is 10.8. The van der Waals surface area contributed by atoms with Crippen LogP contribution in [-0.2, 0) is 11.2 Å². The van der Waals surface area contributed by atoms with Crippen molar-refractivity contribution in [1.82, 2.24) is 5.32 Å². The Labute approximate surface area is 174 Å². The largest absolute Gasteiger partial charge is 0.493 e. The summed E-state index contributed by atoms with van der Waals surface area (Å²) in [7, 11) is 1.38. The molecule has 0 aromatic heterocycles. The van der Waals surface area contributed by atoms with Gasteiger partial charge in [0.25, 0.3) is 5.91 Å². The summed E-state index contributed by atoms with van der Waals surface area (Å²) >= 11 is 0. The minimum atomic E-state index is -2.94. The first-order valence-corrected chi connectivity index (χ1v) is 9.79. The Morgan fingerprint density at radius 1 is 1.20 bits per heavy atom. The third-order valence-electron chi connectivity index (χ3n) is 4.72. The molecule has 162 valence electrons. The van der Waals surface area contributed by atoms with Crippen LogP contribution in [0.25, 0.3) is 0 Å². The quantitative estimate of drug-likeness (QED) is 0.632. The lowest BCUT2D eigenvalue weighted by Gasteiger charge is -2.12. The van der Waals surface area contributed by atoms with E-state index in [-0.39, 0.29) is 23.5 Å². The predicted octanol–water partition coefficient (Wildman–Crippen LogP) is 3.83. The van der Waals surface area contributed by atoms with E-state index < -0.39 is 6.61 Å². The summed E-state index contributed by atoms with van der Waals surface area (Å²) in [4.78, 5) is 12.3. The van der Waals surface area contributed by atoms with Crippen molar-refractivity contribution in [2.75, 3.05) is 26.9 Å². The van der Waals surface area contributed by atoms with Crippen LogP contribution in [-0.4, -0.2) is 45.5 Å². The molecule has 1 N–H and O–H groups in total. The van der Waals surface area contributed by atoms with Gasteiger partial charge in [-0.2, -0.15) is 8.78 Å². The zero-order chi connectivity index (χ0) is 21.3. The molecular formula is C22H25F2NO5. The highest BCUT2D eigenvalue weighted by atomic mass is 19.3. The summed E-state index contributed by atoms with van der Waals surface area (Å²) in [5.41, 5.74) is 1.25. The normalized spacial score (nSPS) is 15.8. The van der Waals surface area contributed by atoms with Gasteiger partial charge < -0.3 is 24.3 Å². The Bertz CT molecular complexity index is 823. The molecule has 1 saturated heterocycles. The van der Waals surface area contributed by atoms with Crippen molar-refractivity contribution in [3.8, 4) is 17.2 Å². The van der Waals surface area contributed by atoms with E-state index in [1.165, 1.54) is 13.2 Å². The minimum absolute atomic E-state index is 0.0325. The second-order valence-corrected chi connectivity index (χ2v) is 6.84. The molecule has 0 aliphatic carbocycles. The summed E-state index contributed by atoms with van der Waals surface area (Å²) in [5.74, 6) is 0.657. The average Bonchev–Trinajstić information content (AvgIpc) is 3.26. The smallest absolute Gasteiger partial charge is 0.387 e. The lowest BCUT2D eigenvalue weighted by atomic mass is 10.1. The van der Waals surface area contributed by atoms with E-state index in [0.29, 0.717) is 30.9 Å². The van der Waals surface area contributed by atoms with Gasteiger partial charge in [0.1, 0.15) is 12.4 Å². The lowest BCUT2D eigenvalue weighted by Crippen LogP contribution is -2.25. The summed E-state index contributed by atoms with van der Waals surface area (Å²) in [6.07, 6.45) is 2.66. The number of alkyl halides is 2. The van der Waals surface area contributed by atoms with Gasteiger partial charge >= 0.3 is 6.61 Å². The van der Waals surface area contributed by atoms with E-state index in [1.54, 1.807) is 36.4 Å². The van der Waals surface area contributed by atoms with Crippen LogP contribution in [0.4, 0.5) is 8.78 Å². The van der Waals surface area contributed by atoms with E-state index in [1.807, 2.05) is 0 Å². The maximum atomic E-state index is 12.5. The van der Waals surface area contributed by atoms with Gasteiger partial charge in [0.2, 0.25) is 0 Å². The third-order valence-corrected chi connectivity index (χ3v) is 4.72. The number of amides is 1. The molecule has 3 rings (SSSR count). The summed E-state index contributed by atoms with van der Waals surface area (Å²) in [6.45, 7) is -1.31. The fourth-order valence-electron chi connectivity index (χ4n) is 3.15. The molecule has 1 atom stereocenters. The maximum absolute atomic E-state index is 12.5. The molecule has 2 aromatic rings. The zero-order valence-electron chi connectivity index (χ0n) is 16.7. The van der Waals surface area contributed by atoms with Crippen molar-refractivity contribution in [3.63, 3.8) is 0 Å². The van der Waals surface area contributed by atoms with Gasteiger partial charge in [-0.15, -0.1) is 0 Å². The van der Waals surface area contributed by atoms with Gasteiger partial charge in [0, 0.05) is 18.7 Å². The SMILES string of the molecule is COc1ccc(CCNC(=O)c2ccc(OCC3CCCO3)cc2)cc1OC(F)F. The number of hydrogen-bond donors (Lipinski definition) is 1. The number of benzene rings is 2. The molecule has 1 heterocycles. The first kappa shape index (κ1) is 21.8. The number of methoxy groups -OCH3 is 1. The summed E-state index contributed by atoms with van der Waals surface area (Å²) in [6, 6.07) is 11.7. The van der Waals surface area contributed by atoms with Crippen molar-refractivity contribution in [2.45, 2.75) is 32.0 Å². The first-order chi connectivity index (χ1) is 14.5. The van der Waals surface area contributed by atoms with Crippen molar-refractivity contribution in [2.24, 2.45) is 0 Å². The van der Waals surface area contributed by atoms with Crippen molar-refractivity contribution < 1.29 is 32.5 Å². The van der Waals surface area contributed by atoms with Crippen LogP contribution in [0.15, 0.2) is 42.5 Å². The molecule has 30 heavy (non-hydrogen) atoms. The molecule has 1 aliphatic heterocycles. The predicted molar refractivity (Wildman–Crippen MR) is 107 cm³/mol.